The highest BCUT2D eigenvalue weighted by molar-refractivity contribution is 5.67. The van der Waals surface area contributed by atoms with Gasteiger partial charge in [-0.15, -0.1) is 0 Å². The van der Waals surface area contributed by atoms with Gasteiger partial charge in [-0.2, -0.15) is 0 Å². The Bertz CT molecular complexity index is 363. The van der Waals surface area contributed by atoms with Crippen LogP contribution in [0.1, 0.15) is 31.7 Å². The SMILES string of the molecule is CCCCN(CCC(=O)O)c1cccc(C)c1. The maximum atomic E-state index is 10.6. The molecule has 0 aromatic heterocycles. The van der Waals surface area contributed by atoms with Gasteiger partial charge < -0.3 is 10.0 Å². The van der Waals surface area contributed by atoms with Crippen LogP contribution in [0.3, 0.4) is 0 Å². The predicted octanol–water partition coefficient (Wildman–Crippen LogP) is 3.08. The van der Waals surface area contributed by atoms with Gasteiger partial charge in [-0.3, -0.25) is 4.79 Å². The summed E-state index contributed by atoms with van der Waals surface area (Å²) in [4.78, 5) is 12.8. The van der Waals surface area contributed by atoms with Crippen LogP contribution in [0.4, 0.5) is 5.69 Å². The van der Waals surface area contributed by atoms with E-state index in [0.29, 0.717) is 6.54 Å². The summed E-state index contributed by atoms with van der Waals surface area (Å²) in [6.07, 6.45) is 2.40. The third-order valence-electron chi connectivity index (χ3n) is 2.74. The molecule has 3 nitrogen and oxygen atoms in total. The number of nitrogens with zero attached hydrogens (tertiary/aromatic N) is 1. The van der Waals surface area contributed by atoms with Crippen molar-refractivity contribution in [3.63, 3.8) is 0 Å². The number of rotatable bonds is 7. The lowest BCUT2D eigenvalue weighted by atomic mass is 10.2. The van der Waals surface area contributed by atoms with Crippen LogP contribution in [0.25, 0.3) is 0 Å². The first-order valence-electron chi connectivity index (χ1n) is 6.17. The van der Waals surface area contributed by atoms with Crippen LogP contribution in [0.5, 0.6) is 0 Å². The van der Waals surface area contributed by atoms with Crippen molar-refractivity contribution in [3.05, 3.63) is 29.8 Å². The smallest absolute Gasteiger partial charge is 0.305 e. The van der Waals surface area contributed by atoms with E-state index in [1.54, 1.807) is 0 Å². The van der Waals surface area contributed by atoms with E-state index < -0.39 is 5.97 Å². The second kappa shape index (κ2) is 6.94. The first kappa shape index (κ1) is 13.6. The lowest BCUT2D eigenvalue weighted by Crippen LogP contribution is -2.27. The second-order valence-electron chi connectivity index (χ2n) is 4.32. The van der Waals surface area contributed by atoms with Crippen molar-refractivity contribution in [2.24, 2.45) is 0 Å². The number of carbonyl (C=O) groups is 1. The van der Waals surface area contributed by atoms with E-state index in [2.05, 4.69) is 30.9 Å². The number of carboxylic acids is 1. The largest absolute Gasteiger partial charge is 0.481 e. The zero-order valence-electron chi connectivity index (χ0n) is 10.6. The van der Waals surface area contributed by atoms with Crippen LogP contribution in [0.2, 0.25) is 0 Å². The molecule has 0 atom stereocenters. The molecule has 17 heavy (non-hydrogen) atoms. The van der Waals surface area contributed by atoms with Gasteiger partial charge in [0.1, 0.15) is 0 Å². The highest BCUT2D eigenvalue weighted by atomic mass is 16.4. The van der Waals surface area contributed by atoms with Crippen molar-refractivity contribution >= 4 is 11.7 Å². The summed E-state index contributed by atoms with van der Waals surface area (Å²) >= 11 is 0. The van der Waals surface area contributed by atoms with Crippen molar-refractivity contribution < 1.29 is 9.90 Å². The Morgan fingerprint density at radius 2 is 2.12 bits per heavy atom. The Morgan fingerprint density at radius 3 is 2.71 bits per heavy atom. The minimum absolute atomic E-state index is 0.192. The number of unbranched alkanes of at least 4 members (excludes halogenated alkanes) is 1. The lowest BCUT2D eigenvalue weighted by Gasteiger charge is -2.24. The molecule has 1 rings (SSSR count). The number of aryl methyl sites for hydroxylation is 1. The maximum Gasteiger partial charge on any atom is 0.305 e. The summed E-state index contributed by atoms with van der Waals surface area (Å²) in [6.45, 7) is 5.70. The number of carboxylic acid groups (broad SMARTS) is 1. The van der Waals surface area contributed by atoms with Crippen molar-refractivity contribution in [2.45, 2.75) is 33.1 Å². The standard InChI is InChI=1S/C14H21NO2/c1-3-4-9-15(10-8-14(16)17)13-7-5-6-12(2)11-13/h5-7,11H,3-4,8-10H2,1-2H3,(H,16,17). The van der Waals surface area contributed by atoms with Crippen LogP contribution in [0, 0.1) is 6.92 Å². The van der Waals surface area contributed by atoms with Crippen LogP contribution in [-0.4, -0.2) is 24.2 Å². The van der Waals surface area contributed by atoms with E-state index in [0.717, 1.165) is 25.1 Å². The molecule has 0 bridgehead atoms. The zero-order valence-corrected chi connectivity index (χ0v) is 10.6. The molecular weight excluding hydrogens is 214 g/mol. The first-order chi connectivity index (χ1) is 8.13. The van der Waals surface area contributed by atoms with Gasteiger partial charge in [0.05, 0.1) is 6.42 Å². The molecule has 0 fully saturated rings. The third kappa shape index (κ3) is 4.89. The van der Waals surface area contributed by atoms with Crippen molar-refractivity contribution in [1.29, 1.82) is 0 Å². The monoisotopic (exact) mass is 235 g/mol. The minimum Gasteiger partial charge on any atom is -0.481 e. The third-order valence-corrected chi connectivity index (χ3v) is 2.74. The number of hydrogen-bond acceptors (Lipinski definition) is 2. The summed E-state index contributed by atoms with van der Waals surface area (Å²) in [5, 5.41) is 8.76. The summed E-state index contributed by atoms with van der Waals surface area (Å²) < 4.78 is 0. The van der Waals surface area contributed by atoms with E-state index in [-0.39, 0.29) is 6.42 Å². The van der Waals surface area contributed by atoms with E-state index in [1.807, 2.05) is 12.1 Å². The number of hydrogen-bond donors (Lipinski definition) is 1. The molecule has 0 amide bonds. The van der Waals surface area contributed by atoms with Crippen LogP contribution >= 0.6 is 0 Å². The van der Waals surface area contributed by atoms with Gasteiger partial charge in [0.25, 0.3) is 0 Å². The summed E-state index contributed by atoms with van der Waals surface area (Å²) in [5.74, 6) is -0.737. The van der Waals surface area contributed by atoms with Crippen molar-refractivity contribution in [1.82, 2.24) is 0 Å². The fraction of sp³-hybridized carbons (Fsp3) is 0.500. The highest BCUT2D eigenvalue weighted by Gasteiger charge is 2.08. The Kier molecular flexibility index (Phi) is 5.53. The summed E-state index contributed by atoms with van der Waals surface area (Å²) in [6, 6.07) is 8.23. The molecule has 1 aromatic carbocycles. The average Bonchev–Trinajstić information content (AvgIpc) is 2.29. The van der Waals surface area contributed by atoms with Gasteiger partial charge in [0.2, 0.25) is 0 Å². The Labute approximate surface area is 103 Å². The molecule has 0 unspecified atom stereocenters. The molecule has 0 saturated carbocycles. The molecule has 0 aliphatic carbocycles. The fourth-order valence-electron chi connectivity index (χ4n) is 1.77. The van der Waals surface area contributed by atoms with E-state index in [4.69, 9.17) is 5.11 Å². The lowest BCUT2D eigenvalue weighted by molar-refractivity contribution is -0.136. The second-order valence-corrected chi connectivity index (χ2v) is 4.32. The molecule has 0 aliphatic rings. The Balaban J connectivity index is 2.70. The molecule has 1 aromatic rings. The molecule has 3 heteroatoms. The van der Waals surface area contributed by atoms with E-state index in [9.17, 15) is 4.79 Å². The normalized spacial score (nSPS) is 10.2. The number of anilines is 1. The predicted molar refractivity (Wildman–Crippen MR) is 70.6 cm³/mol. The molecule has 0 radical (unpaired) electrons. The summed E-state index contributed by atoms with van der Waals surface area (Å²) in [5.41, 5.74) is 2.33. The zero-order chi connectivity index (χ0) is 12.7. The molecule has 1 N–H and O–H groups in total. The maximum absolute atomic E-state index is 10.6. The molecular formula is C14H21NO2. The van der Waals surface area contributed by atoms with Gasteiger partial charge in [-0.25, -0.2) is 0 Å². The number of aliphatic carboxylic acids is 1. The molecule has 0 saturated heterocycles. The van der Waals surface area contributed by atoms with Gasteiger partial charge in [0, 0.05) is 18.8 Å². The van der Waals surface area contributed by atoms with E-state index >= 15 is 0 Å². The molecule has 0 heterocycles. The van der Waals surface area contributed by atoms with Gasteiger partial charge in [-0.05, 0) is 31.0 Å². The highest BCUT2D eigenvalue weighted by Crippen LogP contribution is 2.16. The molecule has 94 valence electrons. The topological polar surface area (TPSA) is 40.5 Å². The van der Waals surface area contributed by atoms with Crippen LogP contribution in [0.15, 0.2) is 24.3 Å². The quantitative estimate of drug-likeness (QED) is 0.789. The first-order valence-corrected chi connectivity index (χ1v) is 6.17. The average molecular weight is 235 g/mol. The fourth-order valence-corrected chi connectivity index (χ4v) is 1.77. The van der Waals surface area contributed by atoms with Crippen molar-refractivity contribution in [3.8, 4) is 0 Å². The van der Waals surface area contributed by atoms with Crippen LogP contribution < -0.4 is 4.90 Å². The molecule has 0 spiro atoms. The summed E-state index contributed by atoms with van der Waals surface area (Å²) in [7, 11) is 0. The van der Waals surface area contributed by atoms with E-state index in [1.165, 1.54) is 5.56 Å². The van der Waals surface area contributed by atoms with Gasteiger partial charge >= 0.3 is 5.97 Å². The van der Waals surface area contributed by atoms with Crippen molar-refractivity contribution in [2.75, 3.05) is 18.0 Å². The van der Waals surface area contributed by atoms with Crippen LogP contribution in [-0.2, 0) is 4.79 Å². The number of benzene rings is 1. The minimum atomic E-state index is -0.737. The van der Waals surface area contributed by atoms with Gasteiger partial charge in [-0.1, -0.05) is 25.5 Å². The Morgan fingerprint density at radius 1 is 1.35 bits per heavy atom. The van der Waals surface area contributed by atoms with Gasteiger partial charge in [0.15, 0.2) is 0 Å². The molecule has 0 aliphatic heterocycles. The Hall–Kier alpha value is -1.51.